The Kier molecular flexibility index (Phi) is 7.39. The topological polar surface area (TPSA) is 45.2 Å². The second-order valence-electron chi connectivity index (χ2n) is 8.02. The van der Waals surface area contributed by atoms with E-state index in [-0.39, 0.29) is 6.61 Å². The number of rotatable bonds is 7. The van der Waals surface area contributed by atoms with Gasteiger partial charge in [0.05, 0.1) is 14.2 Å². The van der Waals surface area contributed by atoms with Crippen LogP contribution in [-0.2, 0) is 6.54 Å². The third kappa shape index (κ3) is 4.76. The lowest BCUT2D eigenvalue weighted by molar-refractivity contribution is 0.0134. The van der Waals surface area contributed by atoms with E-state index in [1.54, 1.807) is 14.2 Å². The van der Waals surface area contributed by atoms with Gasteiger partial charge in [0.1, 0.15) is 11.5 Å². The summed E-state index contributed by atoms with van der Waals surface area (Å²) in [7, 11) is 3.44. The van der Waals surface area contributed by atoms with Crippen LogP contribution in [0, 0.1) is 6.92 Å². The third-order valence-corrected chi connectivity index (χ3v) is 6.37. The number of benzene rings is 1. The molecule has 0 spiro atoms. The van der Waals surface area contributed by atoms with E-state index in [0.717, 1.165) is 55.7 Å². The Morgan fingerprint density at radius 1 is 1.07 bits per heavy atom. The molecule has 1 aliphatic heterocycles. The lowest BCUT2D eigenvalue weighted by Crippen LogP contribution is -2.56. The maximum Gasteiger partial charge on any atom is 0.129 e. The third-order valence-electron chi connectivity index (χ3n) is 6.37. The molecule has 0 radical (unpaired) electrons. The molecule has 0 aromatic heterocycles. The lowest BCUT2D eigenvalue weighted by atomic mass is 9.91. The normalized spacial score (nSPS) is 22.7. The van der Waals surface area contributed by atoms with Gasteiger partial charge in [-0.05, 0) is 32.3 Å². The zero-order valence-electron chi connectivity index (χ0n) is 17.2. The average molecular weight is 377 g/mol. The molecule has 1 unspecified atom stereocenters. The fourth-order valence-corrected chi connectivity index (χ4v) is 4.98. The maximum absolute atomic E-state index is 9.61. The van der Waals surface area contributed by atoms with Gasteiger partial charge in [0.2, 0.25) is 0 Å². The predicted molar refractivity (Wildman–Crippen MR) is 109 cm³/mol. The van der Waals surface area contributed by atoms with E-state index < -0.39 is 0 Å². The molecule has 152 valence electrons. The molecule has 5 nitrogen and oxygen atoms in total. The summed E-state index contributed by atoms with van der Waals surface area (Å²) in [6.07, 6.45) is 7.63. The van der Waals surface area contributed by atoms with Gasteiger partial charge in [0.15, 0.2) is 0 Å². The van der Waals surface area contributed by atoms with Gasteiger partial charge in [0, 0.05) is 56.0 Å². The number of hydrogen-bond acceptors (Lipinski definition) is 5. The molecule has 1 aromatic carbocycles. The highest BCUT2D eigenvalue weighted by Gasteiger charge is 2.32. The predicted octanol–water partition coefficient (Wildman–Crippen LogP) is 3.21. The molecule has 5 heteroatoms. The number of methoxy groups -OCH3 is 2. The molecule has 1 saturated carbocycles. The Morgan fingerprint density at radius 2 is 1.85 bits per heavy atom. The van der Waals surface area contributed by atoms with Crippen LogP contribution in [0.15, 0.2) is 12.1 Å². The molecule has 27 heavy (non-hydrogen) atoms. The number of aliphatic hydroxyl groups excluding tert-OH is 1. The second kappa shape index (κ2) is 9.76. The van der Waals surface area contributed by atoms with Gasteiger partial charge in [-0.1, -0.05) is 25.3 Å². The molecule has 2 aliphatic rings. The highest BCUT2D eigenvalue weighted by atomic mass is 16.5. The van der Waals surface area contributed by atoms with E-state index >= 15 is 0 Å². The highest BCUT2D eigenvalue weighted by Crippen LogP contribution is 2.33. The molecule has 1 atom stereocenters. The van der Waals surface area contributed by atoms with Crippen molar-refractivity contribution < 1.29 is 14.6 Å². The van der Waals surface area contributed by atoms with Gasteiger partial charge in [-0.25, -0.2) is 0 Å². The van der Waals surface area contributed by atoms with E-state index in [2.05, 4.69) is 22.8 Å². The first-order chi connectivity index (χ1) is 13.2. The molecule has 3 rings (SSSR count). The fourth-order valence-electron chi connectivity index (χ4n) is 4.98. The van der Waals surface area contributed by atoms with Crippen molar-refractivity contribution in [2.75, 3.05) is 40.5 Å². The summed E-state index contributed by atoms with van der Waals surface area (Å²) in [5, 5.41) is 9.61. The molecular weight excluding hydrogens is 340 g/mol. The first-order valence-corrected chi connectivity index (χ1v) is 10.5. The monoisotopic (exact) mass is 376 g/mol. The van der Waals surface area contributed by atoms with E-state index in [1.165, 1.54) is 37.7 Å². The molecular formula is C22H36N2O3. The van der Waals surface area contributed by atoms with Crippen LogP contribution in [0.1, 0.15) is 49.7 Å². The molecule has 1 heterocycles. The van der Waals surface area contributed by atoms with Gasteiger partial charge in [0.25, 0.3) is 0 Å². The summed E-state index contributed by atoms with van der Waals surface area (Å²) in [6, 6.07) is 5.34. The minimum Gasteiger partial charge on any atom is -0.496 e. The van der Waals surface area contributed by atoms with Crippen molar-refractivity contribution in [1.82, 2.24) is 9.80 Å². The van der Waals surface area contributed by atoms with Crippen molar-refractivity contribution in [2.24, 2.45) is 0 Å². The maximum atomic E-state index is 9.61. The molecule has 1 saturated heterocycles. The summed E-state index contributed by atoms with van der Waals surface area (Å²) >= 11 is 0. The summed E-state index contributed by atoms with van der Waals surface area (Å²) in [4.78, 5) is 5.21. The van der Waals surface area contributed by atoms with Crippen LogP contribution < -0.4 is 9.47 Å². The lowest BCUT2D eigenvalue weighted by Gasteiger charge is -2.46. The number of nitrogens with zero attached hydrogens (tertiary/aromatic N) is 2. The summed E-state index contributed by atoms with van der Waals surface area (Å²) < 4.78 is 11.1. The minimum absolute atomic E-state index is 0.271. The molecule has 1 N–H and O–H groups in total. The van der Waals surface area contributed by atoms with Crippen molar-refractivity contribution in [3.8, 4) is 11.5 Å². The Labute approximate surface area is 164 Å². The van der Waals surface area contributed by atoms with Crippen LogP contribution in [0.3, 0.4) is 0 Å². The minimum atomic E-state index is 0.271. The summed E-state index contributed by atoms with van der Waals surface area (Å²) in [5.41, 5.74) is 2.27. The van der Waals surface area contributed by atoms with E-state index in [0.29, 0.717) is 6.04 Å². The number of hydrogen-bond donors (Lipinski definition) is 1. The van der Waals surface area contributed by atoms with Crippen LogP contribution in [0.5, 0.6) is 11.5 Å². The molecule has 2 fully saturated rings. The number of ether oxygens (including phenoxy) is 2. The Morgan fingerprint density at radius 3 is 2.52 bits per heavy atom. The van der Waals surface area contributed by atoms with Gasteiger partial charge < -0.3 is 14.6 Å². The van der Waals surface area contributed by atoms with Crippen LogP contribution >= 0.6 is 0 Å². The summed E-state index contributed by atoms with van der Waals surface area (Å²) in [5.74, 6) is 1.80. The van der Waals surface area contributed by atoms with Crippen molar-refractivity contribution in [3.05, 3.63) is 23.3 Å². The van der Waals surface area contributed by atoms with Gasteiger partial charge in [-0.2, -0.15) is 0 Å². The number of aliphatic hydroxyl groups is 1. The Bertz CT molecular complexity index is 601. The fraction of sp³-hybridized carbons (Fsp3) is 0.727. The van der Waals surface area contributed by atoms with Gasteiger partial charge in [-0.15, -0.1) is 0 Å². The molecule has 0 amide bonds. The zero-order chi connectivity index (χ0) is 19.2. The van der Waals surface area contributed by atoms with Gasteiger partial charge in [-0.3, -0.25) is 9.80 Å². The van der Waals surface area contributed by atoms with Gasteiger partial charge >= 0.3 is 0 Å². The first kappa shape index (κ1) is 20.4. The molecule has 1 aliphatic carbocycles. The standard InChI is InChI=1S/C22H36N2O3/c1-17-21(26-2)10-9-18(22(17)27-3)15-23-12-13-24(20(16-23)11-14-25)19-7-5-4-6-8-19/h9-10,19-20,25H,4-8,11-16H2,1-3H3. The van der Waals surface area contributed by atoms with Crippen molar-refractivity contribution in [3.63, 3.8) is 0 Å². The van der Waals surface area contributed by atoms with E-state index in [4.69, 9.17) is 9.47 Å². The highest BCUT2D eigenvalue weighted by molar-refractivity contribution is 5.49. The van der Waals surface area contributed by atoms with Crippen molar-refractivity contribution in [2.45, 2.75) is 64.1 Å². The van der Waals surface area contributed by atoms with Crippen LogP contribution in [0.25, 0.3) is 0 Å². The van der Waals surface area contributed by atoms with Crippen molar-refractivity contribution in [1.29, 1.82) is 0 Å². The second-order valence-corrected chi connectivity index (χ2v) is 8.02. The quantitative estimate of drug-likeness (QED) is 0.792. The van der Waals surface area contributed by atoms with Crippen molar-refractivity contribution >= 4 is 0 Å². The summed E-state index contributed by atoms with van der Waals surface area (Å²) in [6.45, 7) is 6.41. The molecule has 0 bridgehead atoms. The molecule has 1 aromatic rings. The Balaban J connectivity index is 1.69. The zero-order valence-corrected chi connectivity index (χ0v) is 17.2. The SMILES string of the molecule is COc1ccc(CN2CCN(C3CCCCC3)C(CCO)C2)c(OC)c1C. The largest absolute Gasteiger partial charge is 0.496 e. The van der Waals surface area contributed by atoms with Crippen LogP contribution in [0.4, 0.5) is 0 Å². The number of piperazine rings is 1. The smallest absolute Gasteiger partial charge is 0.129 e. The van der Waals surface area contributed by atoms with E-state index in [1.807, 2.05) is 6.07 Å². The van der Waals surface area contributed by atoms with Crippen LogP contribution in [0.2, 0.25) is 0 Å². The first-order valence-electron chi connectivity index (χ1n) is 10.5. The van der Waals surface area contributed by atoms with Crippen LogP contribution in [-0.4, -0.2) is 67.5 Å². The average Bonchev–Trinajstić information content (AvgIpc) is 2.69. The van der Waals surface area contributed by atoms with E-state index in [9.17, 15) is 5.11 Å². The Hall–Kier alpha value is -1.30.